The summed E-state index contributed by atoms with van der Waals surface area (Å²) in [5, 5.41) is 5.10. The van der Waals surface area contributed by atoms with Gasteiger partial charge in [-0.2, -0.15) is 0 Å². The van der Waals surface area contributed by atoms with E-state index in [-0.39, 0.29) is 6.04 Å². The number of ether oxygens (including phenoxy) is 1. The number of allylic oxidation sites excluding steroid dienone is 10. The highest BCUT2D eigenvalue weighted by Crippen LogP contribution is 2.33. The van der Waals surface area contributed by atoms with E-state index in [0.29, 0.717) is 0 Å². The Morgan fingerprint density at radius 2 is 1.19 bits per heavy atom. The molecule has 4 aromatic carbocycles. The van der Waals surface area contributed by atoms with Crippen LogP contribution in [0.15, 0.2) is 186 Å². The molecule has 1 atom stereocenters. The highest BCUT2D eigenvalue weighted by atomic mass is 16.5. The van der Waals surface area contributed by atoms with Crippen molar-refractivity contribution in [2.24, 2.45) is 5.10 Å². The van der Waals surface area contributed by atoms with Gasteiger partial charge >= 0.3 is 0 Å². The largest absolute Gasteiger partial charge is 0.457 e. The highest BCUT2D eigenvalue weighted by Gasteiger charge is 2.35. The van der Waals surface area contributed by atoms with E-state index in [0.717, 1.165) is 51.6 Å². The molecule has 0 fully saturated rings. The maximum absolute atomic E-state index is 6.36. The van der Waals surface area contributed by atoms with Gasteiger partial charge in [-0.1, -0.05) is 132 Å². The van der Waals surface area contributed by atoms with E-state index in [1.165, 1.54) is 11.1 Å². The first-order valence-electron chi connectivity index (χ1n) is 14.6. The van der Waals surface area contributed by atoms with Gasteiger partial charge in [0.15, 0.2) is 0 Å². The lowest BCUT2D eigenvalue weighted by atomic mass is 9.98. The molecule has 206 valence electrons. The third-order valence-electron chi connectivity index (χ3n) is 7.78. The van der Waals surface area contributed by atoms with Crippen LogP contribution in [0.4, 0.5) is 0 Å². The molecule has 0 saturated carbocycles. The number of hydrogen-bond donors (Lipinski definition) is 0. The molecule has 2 heterocycles. The lowest BCUT2D eigenvalue weighted by molar-refractivity contribution is -0.566. The van der Waals surface area contributed by atoms with Gasteiger partial charge in [0.05, 0.1) is 6.42 Å². The molecule has 2 aliphatic heterocycles. The Morgan fingerprint density at radius 1 is 0.605 bits per heavy atom. The maximum atomic E-state index is 6.36. The van der Waals surface area contributed by atoms with E-state index in [4.69, 9.17) is 9.84 Å². The molecule has 0 aromatic heterocycles. The van der Waals surface area contributed by atoms with Crippen LogP contribution in [0.3, 0.4) is 0 Å². The third-order valence-corrected chi connectivity index (χ3v) is 7.78. The summed E-state index contributed by atoms with van der Waals surface area (Å²) < 4.78 is 8.52. The Balaban J connectivity index is 1.19. The van der Waals surface area contributed by atoms with Gasteiger partial charge in [-0.25, -0.2) is 0 Å². The first-order chi connectivity index (χ1) is 21.3. The highest BCUT2D eigenvalue weighted by molar-refractivity contribution is 6.05. The monoisotopic (exact) mass is 555 g/mol. The van der Waals surface area contributed by atoms with Crippen LogP contribution in [0, 0.1) is 0 Å². The molecule has 0 radical (unpaired) electrons. The van der Waals surface area contributed by atoms with Gasteiger partial charge in [0.2, 0.25) is 11.8 Å². The summed E-state index contributed by atoms with van der Waals surface area (Å²) in [5.41, 5.74) is 9.02. The minimum absolute atomic E-state index is 0.147. The van der Waals surface area contributed by atoms with Crippen LogP contribution >= 0.6 is 0 Å². The van der Waals surface area contributed by atoms with Crippen LogP contribution in [-0.4, -0.2) is 16.1 Å². The van der Waals surface area contributed by atoms with Gasteiger partial charge in [-0.3, -0.25) is 0 Å². The summed E-state index contributed by atoms with van der Waals surface area (Å²) in [5.74, 6) is 1.63. The number of benzene rings is 4. The smallest absolute Gasteiger partial charge is 0.232 e. The van der Waals surface area contributed by atoms with Crippen molar-refractivity contribution < 1.29 is 9.42 Å². The average molecular weight is 556 g/mol. The van der Waals surface area contributed by atoms with Crippen molar-refractivity contribution in [2.45, 2.75) is 12.5 Å². The molecule has 0 saturated heterocycles. The number of rotatable bonds is 5. The fraction of sp³-hybridized carbons (Fsp3) is 0.0500. The minimum Gasteiger partial charge on any atom is -0.457 e. The predicted octanol–water partition coefficient (Wildman–Crippen LogP) is 9.08. The second kappa shape index (κ2) is 12.1. The number of hydrogen-bond acceptors (Lipinski definition) is 2. The second-order valence-corrected chi connectivity index (χ2v) is 10.7. The van der Waals surface area contributed by atoms with E-state index >= 15 is 0 Å². The van der Waals surface area contributed by atoms with Gasteiger partial charge in [-0.05, 0) is 52.2 Å². The van der Waals surface area contributed by atoms with E-state index in [1.54, 1.807) is 0 Å². The quantitative estimate of drug-likeness (QED) is 0.225. The summed E-state index contributed by atoms with van der Waals surface area (Å²) in [6.07, 6.45) is 17.8. The molecule has 1 unspecified atom stereocenters. The molecular formula is C40H31N2O+. The molecule has 0 spiro atoms. The molecule has 7 rings (SSSR count). The standard InChI is InChI=1S/C40H31N2O/c1-5-13-31(14-6-1)35-27-37(43-40(28-35)34-19-11-4-12-20-34)26-23-30-21-24-36(25-22-30)42-39(33-17-9-3-10-18-33)29-38(41-42)32-15-7-2-8-16-32/h1-28,39H,29H2/q+1. The summed E-state index contributed by atoms with van der Waals surface area (Å²) in [7, 11) is 0. The molecule has 0 N–H and O–H groups in total. The first kappa shape index (κ1) is 26.4. The van der Waals surface area contributed by atoms with Crippen LogP contribution < -0.4 is 0 Å². The normalized spacial score (nSPS) is 18.7. The number of hydrazone groups is 1. The van der Waals surface area contributed by atoms with Crippen LogP contribution in [-0.2, 0) is 4.74 Å². The van der Waals surface area contributed by atoms with Crippen LogP contribution in [0.5, 0.6) is 0 Å². The molecule has 3 aliphatic rings. The summed E-state index contributed by atoms with van der Waals surface area (Å²) in [6.45, 7) is 0. The van der Waals surface area contributed by atoms with Gasteiger partial charge < -0.3 is 4.74 Å². The molecule has 0 bridgehead atoms. The molecule has 1 aliphatic carbocycles. The lowest BCUT2D eigenvalue weighted by Gasteiger charge is -2.18. The lowest BCUT2D eigenvalue weighted by Crippen LogP contribution is -2.16. The Kier molecular flexibility index (Phi) is 7.44. The van der Waals surface area contributed by atoms with Crippen LogP contribution in [0.2, 0.25) is 0 Å². The summed E-state index contributed by atoms with van der Waals surface area (Å²) in [6, 6.07) is 41.9. The fourth-order valence-electron chi connectivity index (χ4n) is 5.55. The zero-order valence-electron chi connectivity index (χ0n) is 23.8. The molecule has 4 aromatic rings. The fourth-order valence-corrected chi connectivity index (χ4v) is 5.55. The Morgan fingerprint density at radius 3 is 1.84 bits per heavy atom. The van der Waals surface area contributed by atoms with E-state index in [1.807, 2.05) is 36.4 Å². The van der Waals surface area contributed by atoms with E-state index in [2.05, 4.69) is 138 Å². The SMILES string of the molecule is C1=CC(=[N+]2N=C(c3ccccc3)CC2c2ccccc2)C=CC1=CC=C1C=C(c2ccccc2)C=C(c2ccccc2)O1. The van der Waals surface area contributed by atoms with Crippen molar-refractivity contribution >= 4 is 22.8 Å². The van der Waals surface area contributed by atoms with Crippen molar-refractivity contribution in [1.82, 2.24) is 0 Å². The van der Waals surface area contributed by atoms with Crippen molar-refractivity contribution in [3.05, 3.63) is 204 Å². The van der Waals surface area contributed by atoms with Gasteiger partial charge in [0, 0.05) is 28.8 Å². The molecule has 0 amide bonds. The van der Waals surface area contributed by atoms with Crippen molar-refractivity contribution in [1.29, 1.82) is 0 Å². The summed E-state index contributed by atoms with van der Waals surface area (Å²) in [4.78, 5) is 0. The zero-order valence-corrected chi connectivity index (χ0v) is 23.8. The summed E-state index contributed by atoms with van der Waals surface area (Å²) >= 11 is 0. The maximum Gasteiger partial charge on any atom is 0.232 e. The third kappa shape index (κ3) is 5.93. The van der Waals surface area contributed by atoms with E-state index < -0.39 is 0 Å². The molecular weight excluding hydrogens is 524 g/mol. The van der Waals surface area contributed by atoms with Crippen molar-refractivity contribution in [3.8, 4) is 0 Å². The predicted molar refractivity (Wildman–Crippen MR) is 176 cm³/mol. The second-order valence-electron chi connectivity index (χ2n) is 10.7. The first-order valence-corrected chi connectivity index (χ1v) is 14.6. The number of nitrogens with zero attached hydrogens (tertiary/aromatic N) is 2. The van der Waals surface area contributed by atoms with Crippen LogP contribution in [0.25, 0.3) is 11.3 Å². The average Bonchev–Trinajstić information content (AvgIpc) is 3.55. The molecule has 43 heavy (non-hydrogen) atoms. The Hall–Kier alpha value is -5.54. The van der Waals surface area contributed by atoms with Crippen molar-refractivity contribution in [2.75, 3.05) is 0 Å². The van der Waals surface area contributed by atoms with Gasteiger partial charge in [0.1, 0.15) is 17.2 Å². The molecule has 3 nitrogen and oxygen atoms in total. The van der Waals surface area contributed by atoms with Gasteiger partial charge in [0.25, 0.3) is 0 Å². The minimum atomic E-state index is 0.147. The Bertz CT molecular complexity index is 1850. The van der Waals surface area contributed by atoms with E-state index in [9.17, 15) is 0 Å². The zero-order chi connectivity index (χ0) is 28.8. The van der Waals surface area contributed by atoms with Crippen LogP contribution in [0.1, 0.15) is 34.7 Å². The topological polar surface area (TPSA) is 24.6 Å². The molecule has 3 heteroatoms. The van der Waals surface area contributed by atoms with Crippen molar-refractivity contribution in [3.63, 3.8) is 0 Å². The van der Waals surface area contributed by atoms with Gasteiger partial charge in [-0.15, -0.1) is 0 Å². The Labute approximate surface area is 252 Å².